The van der Waals surface area contributed by atoms with Gasteiger partial charge in [0.1, 0.15) is 11.6 Å². The van der Waals surface area contributed by atoms with Gasteiger partial charge in [-0.05, 0) is 48.7 Å². The molecule has 1 unspecified atom stereocenters. The van der Waals surface area contributed by atoms with Gasteiger partial charge in [-0.25, -0.2) is 4.39 Å². The van der Waals surface area contributed by atoms with E-state index in [9.17, 15) is 24.3 Å². The number of esters is 1. The van der Waals surface area contributed by atoms with E-state index in [0.29, 0.717) is 16.9 Å². The van der Waals surface area contributed by atoms with Crippen LogP contribution in [-0.4, -0.2) is 48.7 Å². The smallest absolute Gasteiger partial charge is 0.310 e. The van der Waals surface area contributed by atoms with E-state index in [4.69, 9.17) is 9.47 Å². The maximum Gasteiger partial charge on any atom is 0.310 e. The number of ether oxygens (including phenoxy) is 2. The topological polar surface area (TPSA) is 99.9 Å². The third-order valence-corrected chi connectivity index (χ3v) is 6.37. The summed E-state index contributed by atoms with van der Waals surface area (Å²) in [5, 5.41) is 20.6. The fraction of sp³-hybridized carbons (Fsp3) is 0.375. The van der Waals surface area contributed by atoms with Gasteiger partial charge in [-0.15, -0.1) is 0 Å². The number of hydrogen-bond donors (Lipinski definition) is 1. The number of halogens is 2. The zero-order chi connectivity index (χ0) is 24.0. The maximum absolute atomic E-state index is 13.2. The molecule has 3 rings (SSSR count). The minimum Gasteiger partial charge on any atom is -0.483 e. The van der Waals surface area contributed by atoms with Crippen LogP contribution in [-0.2, 0) is 20.7 Å². The summed E-state index contributed by atoms with van der Waals surface area (Å²) in [6.45, 7) is 0.336. The van der Waals surface area contributed by atoms with Crippen LogP contribution in [0.3, 0.4) is 0 Å². The summed E-state index contributed by atoms with van der Waals surface area (Å²) >= 11 is 3.35. The number of methoxy groups -OCH3 is 1. The third-order valence-electron chi connectivity index (χ3n) is 5.88. The molecule has 0 spiro atoms. The van der Waals surface area contributed by atoms with Gasteiger partial charge in [-0.1, -0.05) is 28.1 Å². The number of rotatable bonds is 7. The lowest BCUT2D eigenvalue weighted by atomic mass is 9.73. The SMILES string of the molecule is COC(=O)Cc1cc(Br)ccc1OCC(=O)N1CCC(C#N)(C(O)c2ccc(F)cc2)CC1. The van der Waals surface area contributed by atoms with E-state index in [0.717, 1.165) is 4.47 Å². The molecule has 174 valence electrons. The molecule has 2 aromatic carbocycles. The Morgan fingerprint density at radius 3 is 2.52 bits per heavy atom. The van der Waals surface area contributed by atoms with Crippen molar-refractivity contribution in [1.29, 1.82) is 5.26 Å². The lowest BCUT2D eigenvalue weighted by Gasteiger charge is -2.40. The predicted octanol–water partition coefficient (Wildman–Crippen LogP) is 3.55. The van der Waals surface area contributed by atoms with Crippen molar-refractivity contribution in [2.24, 2.45) is 5.41 Å². The van der Waals surface area contributed by atoms with E-state index < -0.39 is 23.3 Å². The number of carbonyl (C=O) groups excluding carboxylic acids is 2. The van der Waals surface area contributed by atoms with Crippen LogP contribution in [0, 0.1) is 22.6 Å². The molecule has 1 atom stereocenters. The molecule has 1 aliphatic heterocycles. The predicted molar refractivity (Wildman–Crippen MR) is 121 cm³/mol. The summed E-state index contributed by atoms with van der Waals surface area (Å²) in [6.07, 6.45) is -0.519. The first kappa shape index (κ1) is 24.7. The van der Waals surface area contributed by atoms with Crippen molar-refractivity contribution in [2.75, 3.05) is 26.8 Å². The van der Waals surface area contributed by atoms with Gasteiger partial charge in [0.05, 0.1) is 31.1 Å². The first-order valence-corrected chi connectivity index (χ1v) is 11.2. The van der Waals surface area contributed by atoms with Crippen molar-refractivity contribution in [3.63, 3.8) is 0 Å². The van der Waals surface area contributed by atoms with Gasteiger partial charge in [0.25, 0.3) is 5.91 Å². The third kappa shape index (κ3) is 5.89. The molecule has 1 amide bonds. The summed E-state index contributed by atoms with van der Waals surface area (Å²) in [5.41, 5.74) is -0.00231. The molecule has 0 radical (unpaired) electrons. The number of nitrogens with zero attached hydrogens (tertiary/aromatic N) is 2. The molecule has 9 heteroatoms. The highest BCUT2D eigenvalue weighted by molar-refractivity contribution is 9.10. The average Bonchev–Trinajstić information content (AvgIpc) is 2.83. The van der Waals surface area contributed by atoms with Crippen molar-refractivity contribution in [2.45, 2.75) is 25.4 Å². The average molecular weight is 519 g/mol. The number of piperidine rings is 1. The Bertz CT molecular complexity index is 1050. The highest BCUT2D eigenvalue weighted by atomic mass is 79.9. The Kier molecular flexibility index (Phi) is 8.06. The quantitative estimate of drug-likeness (QED) is 0.562. The van der Waals surface area contributed by atoms with Crippen LogP contribution < -0.4 is 4.74 Å². The van der Waals surface area contributed by atoms with Crippen LogP contribution in [0.2, 0.25) is 0 Å². The van der Waals surface area contributed by atoms with Gasteiger partial charge in [0.2, 0.25) is 0 Å². The van der Waals surface area contributed by atoms with Crippen LogP contribution in [0.4, 0.5) is 4.39 Å². The van der Waals surface area contributed by atoms with Crippen molar-refractivity contribution in [3.8, 4) is 11.8 Å². The van der Waals surface area contributed by atoms with Crippen LogP contribution in [0.5, 0.6) is 5.75 Å². The molecule has 0 bridgehead atoms. The second-order valence-electron chi connectivity index (χ2n) is 7.90. The molecule has 33 heavy (non-hydrogen) atoms. The van der Waals surface area contributed by atoms with Gasteiger partial charge < -0.3 is 19.5 Å². The summed E-state index contributed by atoms with van der Waals surface area (Å²) in [4.78, 5) is 26.0. The molecule has 1 aliphatic rings. The van der Waals surface area contributed by atoms with Gasteiger partial charge in [-0.3, -0.25) is 9.59 Å². The van der Waals surface area contributed by atoms with Gasteiger partial charge in [0, 0.05) is 23.1 Å². The monoisotopic (exact) mass is 518 g/mol. The van der Waals surface area contributed by atoms with E-state index in [1.54, 1.807) is 23.1 Å². The van der Waals surface area contributed by atoms with E-state index in [1.165, 1.54) is 31.4 Å². The molecular formula is C24H24BrFN2O5. The van der Waals surface area contributed by atoms with Gasteiger partial charge >= 0.3 is 5.97 Å². The number of likely N-dealkylation sites (tertiary alicyclic amines) is 1. The van der Waals surface area contributed by atoms with E-state index in [-0.39, 0.29) is 44.9 Å². The van der Waals surface area contributed by atoms with Crippen molar-refractivity contribution < 1.29 is 28.6 Å². The largest absolute Gasteiger partial charge is 0.483 e. The highest BCUT2D eigenvalue weighted by Gasteiger charge is 2.43. The molecule has 7 nitrogen and oxygen atoms in total. The Balaban J connectivity index is 1.61. The molecular weight excluding hydrogens is 495 g/mol. The van der Waals surface area contributed by atoms with Crippen molar-refractivity contribution >= 4 is 27.8 Å². The lowest BCUT2D eigenvalue weighted by molar-refractivity contribution is -0.139. The number of aliphatic hydroxyl groups excluding tert-OH is 1. The summed E-state index contributed by atoms with van der Waals surface area (Å²) in [5.74, 6) is -0.692. The molecule has 0 aliphatic carbocycles. The highest BCUT2D eigenvalue weighted by Crippen LogP contribution is 2.42. The first-order chi connectivity index (χ1) is 15.8. The Morgan fingerprint density at radius 1 is 1.24 bits per heavy atom. The van der Waals surface area contributed by atoms with E-state index >= 15 is 0 Å². The zero-order valence-corrected chi connectivity index (χ0v) is 19.7. The Morgan fingerprint density at radius 2 is 1.91 bits per heavy atom. The number of carbonyl (C=O) groups is 2. The van der Waals surface area contributed by atoms with E-state index in [1.807, 2.05) is 0 Å². The van der Waals surface area contributed by atoms with Crippen LogP contribution in [0.15, 0.2) is 46.9 Å². The van der Waals surface area contributed by atoms with Gasteiger partial charge in [0.15, 0.2) is 6.61 Å². The first-order valence-electron chi connectivity index (χ1n) is 10.4. The molecule has 1 heterocycles. The molecule has 2 aromatic rings. The minimum atomic E-state index is -1.08. The number of nitriles is 1. The molecule has 0 aromatic heterocycles. The Labute approximate surface area is 199 Å². The molecule has 1 fully saturated rings. The fourth-order valence-electron chi connectivity index (χ4n) is 3.85. The number of aliphatic hydroxyl groups is 1. The van der Waals surface area contributed by atoms with Crippen molar-refractivity contribution in [3.05, 3.63) is 63.9 Å². The number of amides is 1. The van der Waals surface area contributed by atoms with Crippen LogP contribution in [0.1, 0.15) is 30.1 Å². The molecule has 1 N–H and O–H groups in total. The summed E-state index contributed by atoms with van der Waals surface area (Å²) < 4.78 is 24.4. The minimum absolute atomic E-state index is 0.00907. The van der Waals surface area contributed by atoms with Crippen LogP contribution in [0.25, 0.3) is 0 Å². The van der Waals surface area contributed by atoms with Crippen molar-refractivity contribution in [1.82, 2.24) is 4.90 Å². The fourth-order valence-corrected chi connectivity index (χ4v) is 4.26. The normalized spacial score (nSPS) is 15.9. The van der Waals surface area contributed by atoms with Crippen LogP contribution >= 0.6 is 15.9 Å². The molecule has 0 saturated carbocycles. The number of benzene rings is 2. The second-order valence-corrected chi connectivity index (χ2v) is 8.81. The second kappa shape index (κ2) is 10.8. The zero-order valence-electron chi connectivity index (χ0n) is 18.1. The van der Waals surface area contributed by atoms with Gasteiger partial charge in [-0.2, -0.15) is 5.26 Å². The van der Waals surface area contributed by atoms with E-state index in [2.05, 4.69) is 22.0 Å². The molecule has 1 saturated heterocycles. The summed E-state index contributed by atoms with van der Waals surface area (Å²) in [7, 11) is 1.30. The lowest BCUT2D eigenvalue weighted by Crippen LogP contribution is -2.46. The number of hydrogen-bond acceptors (Lipinski definition) is 6. The maximum atomic E-state index is 13.2. The summed E-state index contributed by atoms with van der Waals surface area (Å²) in [6, 6.07) is 12.8. The Hall–Kier alpha value is -2.96. The standard InChI is InChI=1S/C24H24BrFN2O5/c1-32-22(30)13-17-12-18(25)4-7-20(17)33-14-21(29)28-10-8-24(15-27,9-11-28)23(31)16-2-5-19(26)6-3-16/h2-7,12,23,31H,8-11,13-14H2,1H3.